The molecule has 0 bridgehead atoms. The molecule has 0 saturated heterocycles. The SMILES string of the molecule is CCN(CC)C(=O)C1C=C2c3cccc4c3c(cn4C(C)=O)CC2N(CCCF)C1. The predicted molar refractivity (Wildman–Crippen MR) is 117 cm³/mol. The van der Waals surface area contributed by atoms with Crippen LogP contribution in [0.4, 0.5) is 4.39 Å². The quantitative estimate of drug-likeness (QED) is 0.727. The second kappa shape index (κ2) is 8.34. The van der Waals surface area contributed by atoms with Crippen molar-refractivity contribution in [1.29, 1.82) is 0 Å². The van der Waals surface area contributed by atoms with E-state index in [0.29, 0.717) is 32.6 Å². The number of rotatable bonds is 6. The van der Waals surface area contributed by atoms with E-state index in [2.05, 4.69) is 17.0 Å². The minimum Gasteiger partial charge on any atom is -0.343 e. The summed E-state index contributed by atoms with van der Waals surface area (Å²) in [4.78, 5) is 29.5. The van der Waals surface area contributed by atoms with Crippen LogP contribution in [0.25, 0.3) is 16.5 Å². The van der Waals surface area contributed by atoms with Gasteiger partial charge >= 0.3 is 0 Å². The fraction of sp³-hybridized carbons (Fsp3) is 0.500. The largest absolute Gasteiger partial charge is 0.343 e. The van der Waals surface area contributed by atoms with Gasteiger partial charge in [-0.3, -0.25) is 23.4 Å². The van der Waals surface area contributed by atoms with Gasteiger partial charge in [-0.25, -0.2) is 0 Å². The zero-order valence-corrected chi connectivity index (χ0v) is 18.0. The molecular weight excluding hydrogens is 381 g/mol. The van der Waals surface area contributed by atoms with Crippen LogP contribution in [0.3, 0.4) is 0 Å². The van der Waals surface area contributed by atoms with Crippen LogP contribution in [0.15, 0.2) is 30.5 Å². The molecule has 1 aliphatic carbocycles. The highest BCUT2D eigenvalue weighted by molar-refractivity contribution is 6.03. The van der Waals surface area contributed by atoms with Gasteiger partial charge in [0.25, 0.3) is 0 Å². The Balaban J connectivity index is 1.83. The highest BCUT2D eigenvalue weighted by Gasteiger charge is 2.38. The van der Waals surface area contributed by atoms with Crippen molar-refractivity contribution in [2.75, 3.05) is 32.9 Å². The van der Waals surface area contributed by atoms with E-state index in [0.717, 1.165) is 34.0 Å². The maximum atomic E-state index is 13.2. The van der Waals surface area contributed by atoms with Crippen LogP contribution < -0.4 is 0 Å². The number of nitrogens with zero attached hydrogens (tertiary/aromatic N) is 3. The highest BCUT2D eigenvalue weighted by Crippen LogP contribution is 2.42. The molecule has 0 saturated carbocycles. The Labute approximate surface area is 177 Å². The van der Waals surface area contributed by atoms with Crippen molar-refractivity contribution in [2.24, 2.45) is 5.92 Å². The van der Waals surface area contributed by atoms with Gasteiger partial charge in [-0.15, -0.1) is 0 Å². The highest BCUT2D eigenvalue weighted by atomic mass is 19.1. The molecule has 5 nitrogen and oxygen atoms in total. The fourth-order valence-corrected chi connectivity index (χ4v) is 5.13. The number of carbonyl (C=O) groups is 2. The lowest BCUT2D eigenvalue weighted by Crippen LogP contribution is -2.49. The molecule has 1 amide bonds. The summed E-state index contributed by atoms with van der Waals surface area (Å²) in [7, 11) is 0. The van der Waals surface area contributed by atoms with Gasteiger partial charge < -0.3 is 4.90 Å². The molecule has 1 aromatic heterocycles. The molecule has 30 heavy (non-hydrogen) atoms. The first-order chi connectivity index (χ1) is 14.5. The molecule has 2 aromatic rings. The molecular formula is C24H30FN3O2. The van der Waals surface area contributed by atoms with Crippen molar-refractivity contribution in [1.82, 2.24) is 14.4 Å². The van der Waals surface area contributed by atoms with Crippen LogP contribution in [-0.4, -0.2) is 65.1 Å². The molecule has 0 radical (unpaired) electrons. The van der Waals surface area contributed by atoms with Gasteiger partial charge in [0.2, 0.25) is 11.8 Å². The van der Waals surface area contributed by atoms with Crippen molar-refractivity contribution in [3.05, 3.63) is 41.6 Å². The number of fused-ring (bicyclic) bond motifs is 2. The fourth-order valence-electron chi connectivity index (χ4n) is 5.13. The molecule has 160 valence electrons. The minimum atomic E-state index is -0.363. The standard InChI is InChI=1S/C24H30FN3O2/c1-4-26(5-2)24(30)18-12-20-19-8-6-9-21-23(19)17(15-28(21)16(3)29)13-22(20)27(14-18)11-7-10-25/h6,8-9,12,15,18,22H,4-5,7,10-11,13-14H2,1-3H3. The van der Waals surface area contributed by atoms with E-state index >= 15 is 0 Å². The average molecular weight is 412 g/mol. The molecule has 2 atom stereocenters. The molecule has 1 aromatic carbocycles. The third kappa shape index (κ3) is 3.37. The summed E-state index contributed by atoms with van der Waals surface area (Å²) in [5, 5.41) is 1.11. The van der Waals surface area contributed by atoms with Crippen molar-refractivity contribution in [3.8, 4) is 0 Å². The lowest BCUT2D eigenvalue weighted by atomic mass is 9.79. The van der Waals surface area contributed by atoms with Gasteiger partial charge in [0.05, 0.1) is 18.1 Å². The molecule has 0 spiro atoms. The molecule has 6 heteroatoms. The van der Waals surface area contributed by atoms with Crippen LogP contribution >= 0.6 is 0 Å². The maximum Gasteiger partial charge on any atom is 0.230 e. The molecule has 2 aliphatic rings. The lowest BCUT2D eigenvalue weighted by Gasteiger charge is -2.42. The number of hydrogen-bond acceptors (Lipinski definition) is 3. The Morgan fingerprint density at radius 1 is 1.23 bits per heavy atom. The zero-order chi connectivity index (χ0) is 21.4. The van der Waals surface area contributed by atoms with Crippen molar-refractivity contribution >= 4 is 28.3 Å². The summed E-state index contributed by atoms with van der Waals surface area (Å²) >= 11 is 0. The van der Waals surface area contributed by atoms with E-state index in [1.807, 2.05) is 37.1 Å². The summed E-state index contributed by atoms with van der Waals surface area (Å²) in [6.07, 6.45) is 5.33. The molecule has 2 unspecified atom stereocenters. The monoisotopic (exact) mass is 411 g/mol. The average Bonchev–Trinajstić information content (AvgIpc) is 3.13. The molecule has 0 N–H and O–H groups in total. The van der Waals surface area contributed by atoms with Gasteiger partial charge in [-0.1, -0.05) is 18.2 Å². The Morgan fingerprint density at radius 2 is 2.00 bits per heavy atom. The molecule has 0 fully saturated rings. The third-order valence-electron chi connectivity index (χ3n) is 6.55. The summed E-state index contributed by atoms with van der Waals surface area (Å²) in [6, 6.07) is 6.16. The van der Waals surface area contributed by atoms with E-state index in [9.17, 15) is 14.0 Å². The van der Waals surface area contributed by atoms with E-state index < -0.39 is 0 Å². The first kappa shape index (κ1) is 20.8. The van der Waals surface area contributed by atoms with Gasteiger partial charge in [0, 0.05) is 50.7 Å². The smallest absolute Gasteiger partial charge is 0.230 e. The third-order valence-corrected chi connectivity index (χ3v) is 6.55. The second-order valence-corrected chi connectivity index (χ2v) is 8.24. The minimum absolute atomic E-state index is 0.00822. The Hall–Kier alpha value is -2.47. The maximum absolute atomic E-state index is 13.2. The van der Waals surface area contributed by atoms with Gasteiger partial charge in [-0.2, -0.15) is 0 Å². The Morgan fingerprint density at radius 3 is 2.67 bits per heavy atom. The number of aromatic nitrogens is 1. The Bertz CT molecular complexity index is 1010. The number of alkyl halides is 1. The summed E-state index contributed by atoms with van der Waals surface area (Å²) in [5.74, 6) is -0.107. The van der Waals surface area contributed by atoms with Crippen LogP contribution in [0.5, 0.6) is 0 Å². The van der Waals surface area contributed by atoms with E-state index in [4.69, 9.17) is 0 Å². The molecule has 2 heterocycles. The first-order valence-electron chi connectivity index (χ1n) is 10.9. The predicted octanol–water partition coefficient (Wildman–Crippen LogP) is 3.77. The van der Waals surface area contributed by atoms with E-state index in [1.165, 1.54) is 0 Å². The number of benzene rings is 1. The van der Waals surface area contributed by atoms with Gasteiger partial charge in [0.1, 0.15) is 0 Å². The van der Waals surface area contributed by atoms with Crippen molar-refractivity contribution in [3.63, 3.8) is 0 Å². The lowest BCUT2D eigenvalue weighted by molar-refractivity contribution is -0.134. The van der Waals surface area contributed by atoms with Crippen LogP contribution in [0, 0.1) is 5.92 Å². The number of carbonyl (C=O) groups excluding carboxylic acids is 2. The number of halogens is 1. The molecule has 4 rings (SSSR count). The zero-order valence-electron chi connectivity index (χ0n) is 18.0. The van der Waals surface area contributed by atoms with Crippen LogP contribution in [0.1, 0.15) is 43.1 Å². The summed E-state index contributed by atoms with van der Waals surface area (Å²) in [6.45, 7) is 7.82. The molecule has 1 aliphatic heterocycles. The summed E-state index contributed by atoms with van der Waals surface area (Å²) < 4.78 is 14.7. The van der Waals surface area contributed by atoms with Crippen molar-refractivity contribution in [2.45, 2.75) is 39.7 Å². The Kier molecular flexibility index (Phi) is 5.78. The summed E-state index contributed by atoms with van der Waals surface area (Å²) in [5.41, 5.74) is 4.31. The normalized spacial score (nSPS) is 20.7. The van der Waals surface area contributed by atoms with E-state index in [-0.39, 0.29) is 30.4 Å². The van der Waals surface area contributed by atoms with Crippen molar-refractivity contribution < 1.29 is 14.0 Å². The number of amides is 1. The second-order valence-electron chi connectivity index (χ2n) is 8.24. The van der Waals surface area contributed by atoms with Gasteiger partial charge in [0.15, 0.2) is 0 Å². The topological polar surface area (TPSA) is 45.6 Å². The first-order valence-corrected chi connectivity index (χ1v) is 10.9. The van der Waals surface area contributed by atoms with Crippen LogP contribution in [0.2, 0.25) is 0 Å². The number of hydrogen-bond donors (Lipinski definition) is 0. The van der Waals surface area contributed by atoms with Gasteiger partial charge in [-0.05, 0) is 49.5 Å². The van der Waals surface area contributed by atoms with E-state index in [1.54, 1.807) is 11.5 Å². The van der Waals surface area contributed by atoms with Crippen LogP contribution in [-0.2, 0) is 11.2 Å².